The number of ether oxygens (including phenoxy) is 5. The second-order valence-electron chi connectivity index (χ2n) is 31.6. The van der Waals surface area contributed by atoms with E-state index < -0.39 is 205 Å². The number of fused-ring (bicyclic) bond motifs is 15. The Labute approximate surface area is 661 Å². The maximum atomic E-state index is 16.3. The van der Waals surface area contributed by atoms with Crippen molar-refractivity contribution in [1.29, 1.82) is 0 Å². The van der Waals surface area contributed by atoms with Crippen molar-refractivity contribution in [2.24, 2.45) is 41.2 Å². The number of allylic oxidation sites excluding steroid dienone is 1. The first kappa shape index (κ1) is 82.0. The molecule has 1 saturated heterocycles. The van der Waals surface area contributed by atoms with Crippen LogP contribution in [0.15, 0.2) is 103 Å². The first-order valence-corrected chi connectivity index (χ1v) is 39.0. The topological polar surface area (TPSA) is 496 Å². The molecule has 5 aromatic rings. The van der Waals surface area contributed by atoms with Crippen LogP contribution in [-0.2, 0) is 54.3 Å². The van der Waals surface area contributed by atoms with Crippen molar-refractivity contribution >= 4 is 70.6 Å². The molecule has 19 N–H and O–H groups in total. The third kappa shape index (κ3) is 17.6. The molecular weight excluding hydrogens is 1500 g/mol. The number of amides is 9. The van der Waals surface area contributed by atoms with Gasteiger partial charge in [0.25, 0.3) is 0 Å². The van der Waals surface area contributed by atoms with Gasteiger partial charge in [0, 0.05) is 35.5 Å². The van der Waals surface area contributed by atoms with E-state index in [9.17, 15) is 60.0 Å². The van der Waals surface area contributed by atoms with Crippen LogP contribution in [0.25, 0.3) is 0 Å². The number of benzene rings is 5. The summed E-state index contributed by atoms with van der Waals surface area (Å²) in [7, 11) is 1.51. The van der Waals surface area contributed by atoms with Gasteiger partial charge in [-0.25, -0.2) is 4.79 Å². The van der Waals surface area contributed by atoms with E-state index in [0.29, 0.717) is 17.5 Å². The molecule has 0 radical (unpaired) electrons. The average Bonchev–Trinajstić information content (AvgIpc) is 0.759. The van der Waals surface area contributed by atoms with Crippen LogP contribution in [-0.4, -0.2) is 181 Å². The highest BCUT2D eigenvalue weighted by Gasteiger charge is 2.53. The Hall–Kier alpha value is -10.0. The quantitative estimate of drug-likeness (QED) is 0.0632. The minimum Gasteiger partial charge on any atom is -0.508 e. The number of aryl methyl sites for hydroxylation is 2. The lowest BCUT2D eigenvalue weighted by Crippen LogP contribution is -2.63. The number of carbonyl (C=O) groups excluding carboxylic acids is 9. The lowest BCUT2D eigenvalue weighted by molar-refractivity contribution is -0.277. The van der Waals surface area contributed by atoms with Crippen LogP contribution in [0, 0.1) is 42.4 Å². The Morgan fingerprint density at radius 3 is 1.96 bits per heavy atom. The lowest BCUT2D eigenvalue weighted by Gasteiger charge is -2.54. The molecule has 0 spiro atoms. The molecule has 0 aromatic heterocycles. The zero-order chi connectivity index (χ0) is 81.4. The number of carbonyl (C=O) groups is 9. The van der Waals surface area contributed by atoms with Gasteiger partial charge < -0.3 is 113 Å². The number of rotatable bonds is 17. The smallest absolute Gasteiger partial charge is 0.416 e. The molecule has 114 heavy (non-hydrogen) atoms. The minimum absolute atomic E-state index is 0.00820. The summed E-state index contributed by atoms with van der Waals surface area (Å²) in [5.74, 6) is -13.8. The van der Waals surface area contributed by atoms with Crippen LogP contribution in [0.5, 0.6) is 34.5 Å². The summed E-state index contributed by atoms with van der Waals surface area (Å²) in [6.45, 7) is 6.36. The SMILES string of the molecule is CCCCc1ccc(NC(=O)OC2=C[C@H](O)C3c4cc(ccc4O)[C@H]4NC(=O)C5NC(=O)[C@H](CC(N)=O)NC(=O)[C@H](NC(=O)[C@@H](CC(C)C)NC)[C@H](O)c6ccc(c(C)c6)Oc6cc5cc(c6O[C@@H]5O[C@H](CO)[C@@H](O)[C@H](O)[C@H]5O)Oc5ccc(cc5Cl)[C@@H](O)[C@H](NC4=O)C(=O)N[C@H](C(=O)NC4C5CC6CC(C5)CC4C6)C3C2)cc1. The molecule has 3 unspecified atom stereocenters. The van der Waals surface area contributed by atoms with Gasteiger partial charge in [-0.3, -0.25) is 43.7 Å². The molecule has 5 aromatic carbocycles. The normalized spacial score (nSPS) is 30.8. The van der Waals surface area contributed by atoms with Crippen LogP contribution >= 0.6 is 11.6 Å². The van der Waals surface area contributed by atoms with Crippen molar-refractivity contribution in [1.82, 2.24) is 42.5 Å². The van der Waals surface area contributed by atoms with E-state index in [1.165, 1.54) is 68.6 Å². The van der Waals surface area contributed by atoms with Crippen molar-refractivity contribution in [3.05, 3.63) is 147 Å². The summed E-state index contributed by atoms with van der Waals surface area (Å²) in [4.78, 5) is 136. The molecule has 610 valence electrons. The van der Waals surface area contributed by atoms with Gasteiger partial charge in [0.1, 0.15) is 95.9 Å². The number of primary amides is 1. The number of phenolic OH excluding ortho intramolecular Hbond substituents is 1. The van der Waals surface area contributed by atoms with Crippen molar-refractivity contribution in [2.75, 3.05) is 19.0 Å². The molecule has 9 amide bonds. The molecule has 5 aliphatic carbocycles. The third-order valence-electron chi connectivity index (χ3n) is 23.2. The fourth-order valence-corrected chi connectivity index (χ4v) is 17.8. The van der Waals surface area contributed by atoms with E-state index in [1.807, 2.05) is 26.0 Å². The number of nitrogens with two attached hydrogens (primary N) is 1. The number of nitrogens with one attached hydrogen (secondary N) is 9. The van der Waals surface area contributed by atoms with Gasteiger partial charge in [0.15, 0.2) is 11.5 Å². The summed E-state index contributed by atoms with van der Waals surface area (Å²) in [5, 5.41) is 119. The van der Waals surface area contributed by atoms with E-state index in [2.05, 4.69) is 54.8 Å². The van der Waals surface area contributed by atoms with E-state index in [4.69, 9.17) is 41.0 Å². The van der Waals surface area contributed by atoms with Gasteiger partial charge in [0.05, 0.1) is 30.2 Å². The fourth-order valence-electron chi connectivity index (χ4n) is 17.6. The Bertz CT molecular complexity index is 4520. The van der Waals surface area contributed by atoms with Gasteiger partial charge in [-0.2, -0.15) is 0 Å². The Balaban J connectivity index is 0.978. The predicted molar refractivity (Wildman–Crippen MR) is 406 cm³/mol. The van der Waals surface area contributed by atoms with Crippen molar-refractivity contribution in [2.45, 2.75) is 202 Å². The third-order valence-corrected chi connectivity index (χ3v) is 23.5. The van der Waals surface area contributed by atoms with Crippen molar-refractivity contribution in [3.63, 3.8) is 0 Å². The molecular formula is C81H97ClN10O22. The Kier molecular flexibility index (Phi) is 24.9. The predicted octanol–water partition coefficient (Wildman–Crippen LogP) is 3.57. The van der Waals surface area contributed by atoms with E-state index in [-0.39, 0.29) is 80.3 Å². The number of hydrogen-bond donors (Lipinski definition) is 18. The van der Waals surface area contributed by atoms with Gasteiger partial charge >= 0.3 is 6.09 Å². The highest BCUT2D eigenvalue weighted by atomic mass is 35.5. The second kappa shape index (κ2) is 34.6. The fraction of sp³-hybridized carbons (Fsp3) is 0.494. The van der Waals surface area contributed by atoms with Crippen molar-refractivity contribution < 1.29 is 108 Å². The van der Waals surface area contributed by atoms with Crippen LogP contribution in [0.2, 0.25) is 5.02 Å². The Morgan fingerprint density at radius 2 is 1.32 bits per heavy atom. The van der Waals surface area contributed by atoms with Gasteiger partial charge in [-0.1, -0.05) is 69.1 Å². The summed E-state index contributed by atoms with van der Waals surface area (Å²) < 4.78 is 31.6. The monoisotopic (exact) mass is 1600 g/mol. The molecule has 15 bridgehead atoms. The highest BCUT2D eigenvalue weighted by Crippen LogP contribution is 2.55. The molecule has 11 aliphatic rings. The minimum atomic E-state index is -2.27. The first-order chi connectivity index (χ1) is 54.4. The summed E-state index contributed by atoms with van der Waals surface area (Å²) in [5.41, 5.74) is 6.44. The highest BCUT2D eigenvalue weighted by molar-refractivity contribution is 6.32. The van der Waals surface area contributed by atoms with E-state index in [0.717, 1.165) is 75.1 Å². The lowest BCUT2D eigenvalue weighted by atomic mass is 9.54. The zero-order valence-electron chi connectivity index (χ0n) is 63.3. The molecule has 16 rings (SSSR count). The van der Waals surface area contributed by atoms with Gasteiger partial charge in [-0.15, -0.1) is 0 Å². The molecule has 6 heterocycles. The van der Waals surface area contributed by atoms with Crippen LogP contribution in [0.1, 0.15) is 154 Å². The number of aliphatic hydroxyl groups excluding tert-OH is 7. The number of unbranched alkanes of at least 4 members (excludes halogenated alkanes) is 1. The molecule has 6 aliphatic heterocycles. The van der Waals surface area contributed by atoms with Crippen LogP contribution < -0.4 is 67.8 Å². The number of aliphatic hydroxyl groups is 7. The average molecular weight is 1600 g/mol. The second-order valence-corrected chi connectivity index (χ2v) is 32.0. The van der Waals surface area contributed by atoms with Crippen LogP contribution in [0.4, 0.5) is 10.5 Å². The molecule has 33 heteroatoms. The first-order valence-electron chi connectivity index (χ1n) is 38.6. The molecule has 5 fully saturated rings. The standard InChI is InChI=1S/C81H97ClN10O22/c1-6-7-8-36-9-14-45(15-10-36)85-81(109)110-46-30-48-60(53(95)31-46)47-26-39(11-16-52(47)94)62-75(104)92-66(79(108)90-64(48)77(106)87-61-42-22-37-21-38(24-42)25-43(61)23-37)68(98)41-13-18-55(49(82)27-41)112-57-29-44-28-56(72(57)114-80-71(101)70(100)69(99)58(33-93)113-80)111-54-17-12-40(20-35(54)4)67(97)65(91-73(102)50(84-5)19-34(2)3)78(107)86-51(32-59(83)96)74(103)88-63(44)76(105)89-62/h9-18,20,26-29,31,34,37-38,42-43,48,50-51,53,58,60-71,80,84,93-95,97-101H,6-8,19,21-25,30,32-33H2,1-5H3,(H2,83,96)(H,85,109)(H,86,107)(H,87,106)(H,88,103)(H,89,105)(H,90,108)(H,91,102)(H,92,104)/t37?,38?,42?,43?,48?,50-,51+,53+,58-,60?,61?,62-,63?,64+,65-,66+,67-,68-,69-,70+,71-,80+/m1/s1. The zero-order valence-corrected chi connectivity index (χ0v) is 64.0. The number of aromatic hydroxyl groups is 1. The maximum absolute atomic E-state index is 16.3. The molecule has 32 nitrogen and oxygen atoms in total. The number of hydrogen-bond acceptors (Lipinski definition) is 23. The van der Waals surface area contributed by atoms with E-state index in [1.54, 1.807) is 12.1 Å². The number of anilines is 1. The van der Waals surface area contributed by atoms with Gasteiger partial charge in [0.2, 0.25) is 59.3 Å². The summed E-state index contributed by atoms with van der Waals surface area (Å²) in [6.07, 6.45) is -9.35. The largest absolute Gasteiger partial charge is 0.508 e. The molecule has 4 saturated carbocycles. The van der Waals surface area contributed by atoms with Crippen LogP contribution in [0.3, 0.4) is 0 Å². The molecule has 17 atom stereocenters. The maximum Gasteiger partial charge on any atom is 0.416 e. The Morgan fingerprint density at radius 1 is 0.684 bits per heavy atom. The summed E-state index contributed by atoms with van der Waals surface area (Å²) >= 11 is 7.20. The summed E-state index contributed by atoms with van der Waals surface area (Å²) in [6, 6.07) is 6.91. The number of likely N-dealkylation sites (N-methyl/N-ethyl adjacent to an activating group) is 1. The van der Waals surface area contributed by atoms with E-state index >= 15 is 24.0 Å². The van der Waals surface area contributed by atoms with Crippen molar-refractivity contribution in [3.8, 4) is 34.5 Å². The number of phenols is 1. The number of halogens is 1. The van der Waals surface area contributed by atoms with Gasteiger partial charge in [-0.05, 0) is 195 Å².